The summed E-state index contributed by atoms with van der Waals surface area (Å²) in [4.78, 5) is 3.33. The smallest absolute Gasteiger partial charge is 0.124 e. The molecule has 0 aliphatic carbocycles. The van der Waals surface area contributed by atoms with Crippen LogP contribution in [-0.2, 0) is 6.42 Å². The van der Waals surface area contributed by atoms with E-state index in [-0.39, 0.29) is 5.75 Å². The molecule has 0 fully saturated rings. The van der Waals surface area contributed by atoms with Crippen molar-refractivity contribution in [1.82, 2.24) is 4.98 Å². The quantitative estimate of drug-likeness (QED) is 0.671. The molecule has 1 heterocycles. The lowest BCUT2D eigenvalue weighted by Crippen LogP contribution is -2.02. The number of aromatic nitrogens is 1. The molecule has 0 saturated heterocycles. The van der Waals surface area contributed by atoms with E-state index in [0.717, 1.165) is 34.1 Å². The van der Waals surface area contributed by atoms with Crippen molar-refractivity contribution in [2.45, 2.75) is 6.42 Å². The summed E-state index contributed by atoms with van der Waals surface area (Å²) in [5.41, 5.74) is 9.53. The van der Waals surface area contributed by atoms with Gasteiger partial charge in [0.15, 0.2) is 0 Å². The molecule has 0 radical (unpaired) electrons. The predicted molar refractivity (Wildman–Crippen MR) is 78.2 cm³/mol. The van der Waals surface area contributed by atoms with Gasteiger partial charge in [-0.1, -0.05) is 24.3 Å². The van der Waals surface area contributed by atoms with Gasteiger partial charge >= 0.3 is 0 Å². The molecule has 0 amide bonds. The Morgan fingerprint density at radius 2 is 1.89 bits per heavy atom. The van der Waals surface area contributed by atoms with Crippen molar-refractivity contribution in [2.75, 3.05) is 6.54 Å². The number of aromatic hydroxyl groups is 1. The lowest BCUT2D eigenvalue weighted by Gasteiger charge is -2.05. The van der Waals surface area contributed by atoms with Gasteiger partial charge < -0.3 is 15.8 Å². The molecule has 0 bridgehead atoms. The highest BCUT2D eigenvalue weighted by Gasteiger charge is 2.08. The van der Waals surface area contributed by atoms with Crippen molar-refractivity contribution >= 4 is 10.9 Å². The van der Waals surface area contributed by atoms with E-state index in [4.69, 9.17) is 5.73 Å². The van der Waals surface area contributed by atoms with Crippen molar-refractivity contribution in [3.8, 4) is 17.0 Å². The minimum absolute atomic E-state index is 0.285. The zero-order valence-electron chi connectivity index (χ0n) is 10.6. The minimum Gasteiger partial charge on any atom is -0.507 e. The third kappa shape index (κ3) is 2.20. The van der Waals surface area contributed by atoms with Crippen molar-refractivity contribution in [3.63, 3.8) is 0 Å². The summed E-state index contributed by atoms with van der Waals surface area (Å²) in [5.74, 6) is 0.285. The van der Waals surface area contributed by atoms with Gasteiger partial charge in [-0.3, -0.25) is 0 Å². The van der Waals surface area contributed by atoms with Crippen LogP contribution in [0, 0.1) is 0 Å². The molecule has 3 nitrogen and oxygen atoms in total. The highest BCUT2D eigenvalue weighted by molar-refractivity contribution is 5.87. The van der Waals surface area contributed by atoms with Gasteiger partial charge in [0.1, 0.15) is 5.75 Å². The SMILES string of the molecule is NCCc1ccc(O)c(-c2cc3ccccc3[nH]2)c1. The van der Waals surface area contributed by atoms with Crippen LogP contribution < -0.4 is 5.73 Å². The number of aromatic amines is 1. The monoisotopic (exact) mass is 252 g/mol. The summed E-state index contributed by atoms with van der Waals surface area (Å²) >= 11 is 0. The number of fused-ring (bicyclic) bond motifs is 1. The van der Waals surface area contributed by atoms with Gasteiger partial charge in [0.2, 0.25) is 0 Å². The van der Waals surface area contributed by atoms with Crippen LogP contribution in [0.25, 0.3) is 22.2 Å². The molecular formula is C16H16N2O. The van der Waals surface area contributed by atoms with E-state index in [2.05, 4.69) is 17.1 Å². The number of nitrogens with one attached hydrogen (secondary N) is 1. The standard InChI is InChI=1S/C16H16N2O/c17-8-7-11-5-6-16(19)13(9-11)15-10-12-3-1-2-4-14(12)18-15/h1-6,9-10,18-19H,7-8,17H2. The maximum absolute atomic E-state index is 10.0. The number of phenols is 1. The molecule has 0 atom stereocenters. The first-order valence-corrected chi connectivity index (χ1v) is 6.38. The van der Waals surface area contributed by atoms with Gasteiger partial charge in [0.05, 0.1) is 5.69 Å². The second-order valence-corrected chi connectivity index (χ2v) is 4.66. The molecule has 0 aliphatic rings. The van der Waals surface area contributed by atoms with Gasteiger partial charge in [-0.2, -0.15) is 0 Å². The minimum atomic E-state index is 0.285. The van der Waals surface area contributed by atoms with Crippen LogP contribution in [0.5, 0.6) is 5.75 Å². The van der Waals surface area contributed by atoms with Crippen LogP contribution >= 0.6 is 0 Å². The molecule has 2 aromatic carbocycles. The normalized spacial score (nSPS) is 11.0. The molecule has 0 unspecified atom stereocenters. The molecule has 0 aliphatic heterocycles. The Morgan fingerprint density at radius 3 is 2.68 bits per heavy atom. The lowest BCUT2D eigenvalue weighted by atomic mass is 10.0. The Labute approximate surface area is 111 Å². The molecule has 0 saturated carbocycles. The van der Waals surface area contributed by atoms with Crippen molar-refractivity contribution in [1.29, 1.82) is 0 Å². The van der Waals surface area contributed by atoms with Crippen LogP contribution in [0.15, 0.2) is 48.5 Å². The zero-order valence-corrected chi connectivity index (χ0v) is 10.6. The summed E-state index contributed by atoms with van der Waals surface area (Å²) < 4.78 is 0. The fourth-order valence-electron chi connectivity index (χ4n) is 2.34. The molecule has 19 heavy (non-hydrogen) atoms. The number of H-pyrrole nitrogens is 1. The van der Waals surface area contributed by atoms with Gasteiger partial charge in [0, 0.05) is 16.5 Å². The molecule has 0 spiro atoms. The number of benzene rings is 2. The van der Waals surface area contributed by atoms with E-state index in [9.17, 15) is 5.11 Å². The van der Waals surface area contributed by atoms with Crippen LogP contribution in [0.2, 0.25) is 0 Å². The van der Waals surface area contributed by atoms with E-state index < -0.39 is 0 Å². The Hall–Kier alpha value is -2.26. The summed E-state index contributed by atoms with van der Waals surface area (Å²) in [7, 11) is 0. The van der Waals surface area contributed by atoms with Gasteiger partial charge in [-0.05, 0) is 42.8 Å². The Balaban J connectivity index is 2.11. The summed E-state index contributed by atoms with van der Waals surface area (Å²) in [6.07, 6.45) is 0.813. The number of nitrogens with two attached hydrogens (primary N) is 1. The first kappa shape index (κ1) is 11.8. The van der Waals surface area contributed by atoms with Crippen LogP contribution in [-0.4, -0.2) is 16.6 Å². The number of phenolic OH excluding ortho intramolecular Hbond substituents is 1. The van der Waals surface area contributed by atoms with Crippen molar-refractivity contribution in [2.24, 2.45) is 5.73 Å². The second-order valence-electron chi connectivity index (χ2n) is 4.66. The topological polar surface area (TPSA) is 62.0 Å². The molecule has 3 rings (SSSR count). The van der Waals surface area contributed by atoms with Crippen LogP contribution in [0.3, 0.4) is 0 Å². The molecule has 3 aromatic rings. The Kier molecular flexibility index (Phi) is 2.97. The van der Waals surface area contributed by atoms with E-state index in [1.165, 1.54) is 0 Å². The van der Waals surface area contributed by atoms with Crippen LogP contribution in [0.4, 0.5) is 0 Å². The first-order valence-electron chi connectivity index (χ1n) is 6.38. The third-order valence-electron chi connectivity index (χ3n) is 3.31. The Bertz CT molecular complexity index is 683. The number of para-hydroxylation sites is 1. The van der Waals surface area contributed by atoms with Gasteiger partial charge in [-0.25, -0.2) is 0 Å². The van der Waals surface area contributed by atoms with Gasteiger partial charge in [-0.15, -0.1) is 0 Å². The van der Waals surface area contributed by atoms with Crippen molar-refractivity contribution in [3.05, 3.63) is 54.1 Å². The molecule has 4 N–H and O–H groups in total. The zero-order chi connectivity index (χ0) is 13.2. The fraction of sp³-hybridized carbons (Fsp3) is 0.125. The number of rotatable bonds is 3. The molecular weight excluding hydrogens is 236 g/mol. The maximum atomic E-state index is 10.0. The highest BCUT2D eigenvalue weighted by Crippen LogP contribution is 2.31. The van der Waals surface area contributed by atoms with E-state index in [1.807, 2.05) is 30.3 Å². The maximum Gasteiger partial charge on any atom is 0.124 e. The first-order chi connectivity index (χ1) is 9.28. The fourth-order valence-corrected chi connectivity index (χ4v) is 2.34. The molecule has 3 heteroatoms. The summed E-state index contributed by atoms with van der Waals surface area (Å²) in [6.45, 7) is 0.608. The van der Waals surface area contributed by atoms with E-state index in [1.54, 1.807) is 6.07 Å². The van der Waals surface area contributed by atoms with E-state index >= 15 is 0 Å². The summed E-state index contributed by atoms with van der Waals surface area (Å²) in [5, 5.41) is 11.2. The largest absolute Gasteiger partial charge is 0.507 e. The predicted octanol–water partition coefficient (Wildman–Crippen LogP) is 3.04. The summed E-state index contributed by atoms with van der Waals surface area (Å²) in [6, 6.07) is 15.8. The van der Waals surface area contributed by atoms with E-state index in [0.29, 0.717) is 6.54 Å². The average molecular weight is 252 g/mol. The highest BCUT2D eigenvalue weighted by atomic mass is 16.3. The third-order valence-corrected chi connectivity index (χ3v) is 3.31. The lowest BCUT2D eigenvalue weighted by molar-refractivity contribution is 0.477. The number of hydrogen-bond acceptors (Lipinski definition) is 2. The second kappa shape index (κ2) is 4.78. The average Bonchev–Trinajstić information content (AvgIpc) is 2.85. The molecule has 96 valence electrons. The van der Waals surface area contributed by atoms with Gasteiger partial charge in [0.25, 0.3) is 0 Å². The molecule has 1 aromatic heterocycles. The van der Waals surface area contributed by atoms with Crippen LogP contribution in [0.1, 0.15) is 5.56 Å². The number of hydrogen-bond donors (Lipinski definition) is 3. The van der Waals surface area contributed by atoms with Crippen molar-refractivity contribution < 1.29 is 5.11 Å². The Morgan fingerprint density at radius 1 is 1.05 bits per heavy atom.